The van der Waals surface area contributed by atoms with E-state index in [0.717, 1.165) is 38.5 Å². The van der Waals surface area contributed by atoms with Crippen molar-refractivity contribution in [1.82, 2.24) is 0 Å². The maximum Gasteiger partial charge on any atom is 0.323 e. The molecule has 1 aliphatic carbocycles. The average molecular weight is 467 g/mol. The highest BCUT2D eigenvalue weighted by Gasteiger charge is 2.40. The summed E-state index contributed by atoms with van der Waals surface area (Å²) < 4.78 is 11.0. The third-order valence-corrected chi connectivity index (χ3v) is 7.24. The largest absolute Gasteiger partial charge is 0.465 e. The van der Waals surface area contributed by atoms with Gasteiger partial charge in [-0.2, -0.15) is 0 Å². The Morgan fingerprint density at radius 1 is 0.667 bits per heavy atom. The van der Waals surface area contributed by atoms with E-state index in [4.69, 9.17) is 9.47 Å². The summed E-state index contributed by atoms with van der Waals surface area (Å²) in [7, 11) is 0. The van der Waals surface area contributed by atoms with Gasteiger partial charge in [0, 0.05) is 0 Å². The molecule has 1 fully saturated rings. The van der Waals surface area contributed by atoms with Crippen LogP contribution in [0.1, 0.15) is 150 Å². The van der Waals surface area contributed by atoms with Crippen LogP contribution in [0, 0.1) is 11.3 Å². The molecular formula is C29H54O4. The van der Waals surface area contributed by atoms with E-state index in [1.54, 1.807) is 13.8 Å². The maximum absolute atomic E-state index is 12.5. The average Bonchev–Trinajstić information content (AvgIpc) is 2.80. The van der Waals surface area contributed by atoms with Crippen LogP contribution in [0.2, 0.25) is 0 Å². The van der Waals surface area contributed by atoms with Crippen molar-refractivity contribution < 1.29 is 19.1 Å². The van der Waals surface area contributed by atoms with Crippen LogP contribution in [-0.4, -0.2) is 24.6 Å². The molecule has 4 nitrogen and oxygen atoms in total. The monoisotopic (exact) mass is 466 g/mol. The first-order chi connectivity index (χ1) is 15.9. The van der Waals surface area contributed by atoms with Crippen LogP contribution in [0.3, 0.4) is 0 Å². The standard InChI is InChI=1S/C29H54O4/c1-5-6-7-8-9-10-11-12-13-14-15-16-17-18-19-24-32-27(30)29(3,4)28(31)33-26-22-20-25(2)21-23-26/h25-26H,5-24H2,1-4H3. The van der Waals surface area contributed by atoms with Crippen molar-refractivity contribution in [2.75, 3.05) is 6.61 Å². The van der Waals surface area contributed by atoms with Crippen molar-refractivity contribution >= 4 is 11.9 Å². The van der Waals surface area contributed by atoms with Gasteiger partial charge in [-0.15, -0.1) is 0 Å². The summed E-state index contributed by atoms with van der Waals surface area (Å²) >= 11 is 0. The van der Waals surface area contributed by atoms with Gasteiger partial charge in [-0.3, -0.25) is 9.59 Å². The van der Waals surface area contributed by atoms with Crippen LogP contribution in [0.15, 0.2) is 0 Å². The summed E-state index contributed by atoms with van der Waals surface area (Å²) in [6.07, 6.45) is 23.6. The third-order valence-electron chi connectivity index (χ3n) is 7.24. The zero-order valence-corrected chi connectivity index (χ0v) is 22.4. The Balaban J connectivity index is 1.95. The number of carbonyl (C=O) groups excluding carboxylic acids is 2. The molecule has 0 bridgehead atoms. The van der Waals surface area contributed by atoms with Crippen LogP contribution in [0.4, 0.5) is 0 Å². The second-order valence-electron chi connectivity index (χ2n) is 11.0. The Bertz CT molecular complexity index is 506. The van der Waals surface area contributed by atoms with Gasteiger partial charge in [0.2, 0.25) is 0 Å². The first-order valence-electron chi connectivity index (χ1n) is 14.3. The van der Waals surface area contributed by atoms with Gasteiger partial charge in [-0.25, -0.2) is 0 Å². The molecule has 33 heavy (non-hydrogen) atoms. The van der Waals surface area contributed by atoms with E-state index in [1.807, 2.05) is 0 Å². The Labute approximate surface area is 205 Å². The molecule has 0 saturated heterocycles. The fourth-order valence-electron chi connectivity index (χ4n) is 4.55. The number of carbonyl (C=O) groups is 2. The molecule has 0 aliphatic heterocycles. The number of hydrogen-bond donors (Lipinski definition) is 0. The third kappa shape index (κ3) is 14.1. The summed E-state index contributed by atoms with van der Waals surface area (Å²) in [5.41, 5.74) is -1.22. The van der Waals surface area contributed by atoms with Crippen molar-refractivity contribution in [2.24, 2.45) is 11.3 Å². The van der Waals surface area contributed by atoms with Crippen LogP contribution in [0.5, 0.6) is 0 Å². The zero-order chi connectivity index (χ0) is 24.4. The summed E-state index contributed by atoms with van der Waals surface area (Å²) in [6.45, 7) is 8.14. The first-order valence-corrected chi connectivity index (χ1v) is 14.3. The molecule has 4 heteroatoms. The molecule has 1 aliphatic rings. The van der Waals surface area contributed by atoms with Crippen LogP contribution in [0.25, 0.3) is 0 Å². The van der Waals surface area contributed by atoms with Crippen molar-refractivity contribution in [1.29, 1.82) is 0 Å². The van der Waals surface area contributed by atoms with Crippen molar-refractivity contribution in [2.45, 2.75) is 156 Å². The predicted octanol–water partition coefficient (Wildman–Crippen LogP) is 8.55. The van der Waals surface area contributed by atoms with Gasteiger partial charge in [0.25, 0.3) is 0 Å². The lowest BCUT2D eigenvalue weighted by atomic mass is 9.88. The molecule has 1 rings (SSSR count). The molecule has 194 valence electrons. The minimum Gasteiger partial charge on any atom is -0.465 e. The highest BCUT2D eigenvalue weighted by molar-refractivity contribution is 5.99. The number of hydrogen-bond acceptors (Lipinski definition) is 4. The molecule has 0 aromatic heterocycles. The molecule has 0 aromatic rings. The van der Waals surface area contributed by atoms with E-state index >= 15 is 0 Å². The number of esters is 2. The van der Waals surface area contributed by atoms with Crippen molar-refractivity contribution in [3.63, 3.8) is 0 Å². The maximum atomic E-state index is 12.5. The minimum atomic E-state index is -1.22. The molecule has 0 unspecified atom stereocenters. The molecule has 0 aromatic carbocycles. The van der Waals surface area contributed by atoms with E-state index in [0.29, 0.717) is 12.5 Å². The van der Waals surface area contributed by atoms with Crippen LogP contribution >= 0.6 is 0 Å². The quantitative estimate of drug-likeness (QED) is 0.109. The van der Waals surface area contributed by atoms with Gasteiger partial charge in [0.05, 0.1) is 6.61 Å². The van der Waals surface area contributed by atoms with Gasteiger partial charge >= 0.3 is 11.9 Å². The Morgan fingerprint density at radius 3 is 1.55 bits per heavy atom. The molecule has 0 atom stereocenters. The van der Waals surface area contributed by atoms with E-state index in [9.17, 15) is 9.59 Å². The molecule has 0 radical (unpaired) electrons. The lowest BCUT2D eigenvalue weighted by molar-refractivity contribution is -0.174. The molecule has 0 spiro atoms. The Hall–Kier alpha value is -1.06. The summed E-state index contributed by atoms with van der Waals surface area (Å²) in [6, 6.07) is 0. The molecule has 0 N–H and O–H groups in total. The lowest BCUT2D eigenvalue weighted by Gasteiger charge is -2.29. The number of unbranched alkanes of at least 4 members (excludes halogenated alkanes) is 14. The molecule has 0 amide bonds. The molecule has 0 heterocycles. The Morgan fingerprint density at radius 2 is 1.09 bits per heavy atom. The van der Waals surface area contributed by atoms with E-state index in [1.165, 1.54) is 83.5 Å². The van der Waals surface area contributed by atoms with Crippen molar-refractivity contribution in [3.8, 4) is 0 Å². The summed E-state index contributed by atoms with van der Waals surface area (Å²) in [5, 5.41) is 0. The fourth-order valence-corrected chi connectivity index (χ4v) is 4.55. The van der Waals surface area contributed by atoms with Crippen LogP contribution < -0.4 is 0 Å². The lowest BCUT2D eigenvalue weighted by Crippen LogP contribution is -2.39. The topological polar surface area (TPSA) is 52.6 Å². The van der Waals surface area contributed by atoms with E-state index in [2.05, 4.69) is 13.8 Å². The minimum absolute atomic E-state index is 0.0451. The molecular weight excluding hydrogens is 412 g/mol. The van der Waals surface area contributed by atoms with Gasteiger partial charge in [0.15, 0.2) is 5.41 Å². The summed E-state index contributed by atoms with van der Waals surface area (Å²) in [4.78, 5) is 24.9. The highest BCUT2D eigenvalue weighted by atomic mass is 16.6. The van der Waals surface area contributed by atoms with E-state index < -0.39 is 17.4 Å². The van der Waals surface area contributed by atoms with Gasteiger partial charge < -0.3 is 9.47 Å². The number of rotatable bonds is 19. The van der Waals surface area contributed by atoms with Gasteiger partial charge in [-0.05, 0) is 51.9 Å². The highest BCUT2D eigenvalue weighted by Crippen LogP contribution is 2.28. The zero-order valence-electron chi connectivity index (χ0n) is 22.4. The first kappa shape index (κ1) is 30.0. The van der Waals surface area contributed by atoms with Crippen molar-refractivity contribution in [3.05, 3.63) is 0 Å². The SMILES string of the molecule is CCCCCCCCCCCCCCCCCOC(=O)C(C)(C)C(=O)OC1CCC(C)CC1. The summed E-state index contributed by atoms with van der Waals surface area (Å²) in [5.74, 6) is -0.196. The fraction of sp³-hybridized carbons (Fsp3) is 0.931. The van der Waals surface area contributed by atoms with Crippen LogP contribution in [-0.2, 0) is 19.1 Å². The Kier molecular flexibility index (Phi) is 16.6. The van der Waals surface area contributed by atoms with E-state index in [-0.39, 0.29) is 6.10 Å². The predicted molar refractivity (Wildman–Crippen MR) is 137 cm³/mol. The molecule has 1 saturated carbocycles. The smallest absolute Gasteiger partial charge is 0.323 e. The second-order valence-corrected chi connectivity index (χ2v) is 11.0. The normalized spacial score (nSPS) is 18.8. The second kappa shape index (κ2) is 18.3. The number of ether oxygens (including phenoxy) is 2. The van der Waals surface area contributed by atoms with Gasteiger partial charge in [-0.1, -0.05) is 104 Å². The van der Waals surface area contributed by atoms with Gasteiger partial charge in [0.1, 0.15) is 6.10 Å².